The van der Waals surface area contributed by atoms with Crippen LogP contribution in [0.2, 0.25) is 0 Å². The van der Waals surface area contributed by atoms with E-state index in [1.54, 1.807) is 6.07 Å². The van der Waals surface area contributed by atoms with Gasteiger partial charge in [0.05, 0.1) is 16.3 Å². The third kappa shape index (κ3) is 4.99. The van der Waals surface area contributed by atoms with Gasteiger partial charge in [-0.05, 0) is 37.7 Å². The van der Waals surface area contributed by atoms with Crippen molar-refractivity contribution in [1.29, 1.82) is 0 Å². The third-order valence-corrected chi connectivity index (χ3v) is 3.77. The lowest BCUT2D eigenvalue weighted by atomic mass is 9.93. The molecule has 0 atom stereocenters. The third-order valence-electron chi connectivity index (χ3n) is 2.85. The Kier molecular flexibility index (Phi) is 5.01. The Bertz CT molecular complexity index is 568. The standard InChI is InChI=1S/C13H24N4O2S/c1-13(2,9-17(3)4)8-16-12-7-10(20(15,18)19)5-6-11(12)14/h5-7,16H,8-9,14H2,1-4H3,(H2,15,18,19). The first-order chi connectivity index (χ1) is 9.01. The van der Waals surface area contributed by atoms with Crippen LogP contribution < -0.4 is 16.2 Å². The molecule has 0 amide bonds. The van der Waals surface area contributed by atoms with E-state index in [0.29, 0.717) is 17.9 Å². The Hall–Kier alpha value is -1.31. The minimum atomic E-state index is -3.72. The van der Waals surface area contributed by atoms with Crippen LogP contribution in [0.1, 0.15) is 13.8 Å². The lowest BCUT2D eigenvalue weighted by Crippen LogP contribution is -2.34. The van der Waals surface area contributed by atoms with Gasteiger partial charge in [-0.1, -0.05) is 13.8 Å². The second kappa shape index (κ2) is 5.99. The molecule has 0 saturated carbocycles. The normalized spacial score (nSPS) is 12.7. The molecule has 0 radical (unpaired) electrons. The van der Waals surface area contributed by atoms with Gasteiger partial charge in [-0.3, -0.25) is 0 Å². The van der Waals surface area contributed by atoms with Crippen molar-refractivity contribution < 1.29 is 8.42 Å². The fourth-order valence-electron chi connectivity index (χ4n) is 2.11. The molecular formula is C13H24N4O2S. The van der Waals surface area contributed by atoms with Crippen LogP contribution in [-0.4, -0.2) is 40.5 Å². The predicted octanol–water partition coefficient (Wildman–Crippen LogP) is 0.916. The van der Waals surface area contributed by atoms with Gasteiger partial charge in [0.1, 0.15) is 0 Å². The summed E-state index contributed by atoms with van der Waals surface area (Å²) in [6, 6.07) is 4.41. The number of nitrogens with one attached hydrogen (secondary N) is 1. The van der Waals surface area contributed by atoms with Gasteiger partial charge in [-0.2, -0.15) is 0 Å². The fourth-order valence-corrected chi connectivity index (χ4v) is 2.65. The number of nitrogens with two attached hydrogens (primary N) is 2. The predicted molar refractivity (Wildman–Crippen MR) is 83.1 cm³/mol. The average Bonchev–Trinajstić information content (AvgIpc) is 2.24. The number of benzene rings is 1. The number of primary sulfonamides is 1. The van der Waals surface area contributed by atoms with Gasteiger partial charge in [0, 0.05) is 13.1 Å². The molecular weight excluding hydrogens is 276 g/mol. The highest BCUT2D eigenvalue weighted by Gasteiger charge is 2.19. The van der Waals surface area contributed by atoms with Gasteiger partial charge >= 0.3 is 0 Å². The number of sulfonamides is 1. The molecule has 0 saturated heterocycles. The van der Waals surface area contributed by atoms with Crippen LogP contribution >= 0.6 is 0 Å². The summed E-state index contributed by atoms with van der Waals surface area (Å²) in [4.78, 5) is 2.16. The highest BCUT2D eigenvalue weighted by atomic mass is 32.2. The molecule has 0 fully saturated rings. The number of rotatable bonds is 6. The van der Waals surface area contributed by atoms with Crippen LogP contribution in [0, 0.1) is 5.41 Å². The Balaban J connectivity index is 2.88. The monoisotopic (exact) mass is 300 g/mol. The molecule has 0 aromatic heterocycles. The van der Waals surface area contributed by atoms with E-state index in [-0.39, 0.29) is 10.3 Å². The van der Waals surface area contributed by atoms with Gasteiger partial charge in [-0.15, -0.1) is 0 Å². The Morgan fingerprint density at radius 1 is 1.30 bits per heavy atom. The van der Waals surface area contributed by atoms with E-state index in [2.05, 4.69) is 24.1 Å². The lowest BCUT2D eigenvalue weighted by Gasteiger charge is -2.29. The summed E-state index contributed by atoms with van der Waals surface area (Å²) >= 11 is 0. The molecule has 20 heavy (non-hydrogen) atoms. The quantitative estimate of drug-likeness (QED) is 0.678. The van der Waals surface area contributed by atoms with E-state index >= 15 is 0 Å². The molecule has 0 aliphatic heterocycles. The molecule has 0 aliphatic rings. The summed E-state index contributed by atoms with van der Waals surface area (Å²) in [5, 5.41) is 8.32. The Morgan fingerprint density at radius 2 is 1.90 bits per heavy atom. The molecule has 1 aromatic rings. The molecule has 7 heteroatoms. The van der Waals surface area contributed by atoms with Crippen LogP contribution in [-0.2, 0) is 10.0 Å². The highest BCUT2D eigenvalue weighted by Crippen LogP contribution is 2.24. The maximum Gasteiger partial charge on any atom is 0.238 e. The smallest absolute Gasteiger partial charge is 0.238 e. The molecule has 114 valence electrons. The summed E-state index contributed by atoms with van der Waals surface area (Å²) in [6.07, 6.45) is 0. The first-order valence-corrected chi connectivity index (χ1v) is 7.87. The first-order valence-electron chi connectivity index (χ1n) is 6.32. The summed E-state index contributed by atoms with van der Waals surface area (Å²) in [5.41, 5.74) is 6.96. The topological polar surface area (TPSA) is 101 Å². The summed E-state index contributed by atoms with van der Waals surface area (Å²) in [5.74, 6) is 0. The van der Waals surface area contributed by atoms with E-state index in [1.807, 2.05) is 14.1 Å². The minimum Gasteiger partial charge on any atom is -0.397 e. The van der Waals surface area contributed by atoms with Crippen LogP contribution in [0.5, 0.6) is 0 Å². The number of nitrogen functional groups attached to an aromatic ring is 1. The zero-order valence-electron chi connectivity index (χ0n) is 12.5. The van der Waals surface area contributed by atoms with Crippen molar-refractivity contribution in [2.24, 2.45) is 10.6 Å². The van der Waals surface area contributed by atoms with E-state index < -0.39 is 10.0 Å². The van der Waals surface area contributed by atoms with Gasteiger partial charge in [0.25, 0.3) is 0 Å². The highest BCUT2D eigenvalue weighted by molar-refractivity contribution is 7.89. The number of hydrogen-bond donors (Lipinski definition) is 3. The first kappa shape index (κ1) is 16.7. The molecule has 6 nitrogen and oxygen atoms in total. The number of hydrogen-bond acceptors (Lipinski definition) is 5. The van der Waals surface area contributed by atoms with Crippen molar-refractivity contribution in [3.63, 3.8) is 0 Å². The molecule has 1 rings (SSSR count). The summed E-state index contributed by atoms with van der Waals surface area (Å²) < 4.78 is 22.7. The van der Waals surface area contributed by atoms with Crippen LogP contribution in [0.4, 0.5) is 11.4 Å². The molecule has 0 unspecified atom stereocenters. The zero-order chi connectivity index (χ0) is 15.6. The van der Waals surface area contributed by atoms with Gasteiger partial charge in [0.15, 0.2) is 0 Å². The van der Waals surface area contributed by atoms with Crippen molar-refractivity contribution in [2.75, 3.05) is 38.2 Å². The van der Waals surface area contributed by atoms with E-state index in [1.165, 1.54) is 12.1 Å². The van der Waals surface area contributed by atoms with Crippen molar-refractivity contribution >= 4 is 21.4 Å². The average molecular weight is 300 g/mol. The molecule has 0 spiro atoms. The zero-order valence-corrected chi connectivity index (χ0v) is 13.3. The largest absolute Gasteiger partial charge is 0.397 e. The van der Waals surface area contributed by atoms with E-state index in [9.17, 15) is 8.42 Å². The van der Waals surface area contributed by atoms with E-state index in [0.717, 1.165) is 6.54 Å². The van der Waals surface area contributed by atoms with Crippen molar-refractivity contribution in [2.45, 2.75) is 18.7 Å². The SMILES string of the molecule is CN(C)CC(C)(C)CNc1cc(S(N)(=O)=O)ccc1N. The fraction of sp³-hybridized carbons (Fsp3) is 0.538. The second-order valence-electron chi connectivity index (χ2n) is 6.05. The van der Waals surface area contributed by atoms with Crippen LogP contribution in [0.15, 0.2) is 23.1 Å². The van der Waals surface area contributed by atoms with Crippen molar-refractivity contribution in [3.05, 3.63) is 18.2 Å². The summed E-state index contributed by atoms with van der Waals surface area (Å²) in [7, 11) is 0.305. The maximum absolute atomic E-state index is 11.3. The van der Waals surface area contributed by atoms with Gasteiger partial charge in [-0.25, -0.2) is 13.6 Å². The molecule has 5 N–H and O–H groups in total. The van der Waals surface area contributed by atoms with Crippen molar-refractivity contribution in [3.8, 4) is 0 Å². The Morgan fingerprint density at radius 3 is 2.40 bits per heavy atom. The van der Waals surface area contributed by atoms with Gasteiger partial charge < -0.3 is 16.0 Å². The summed E-state index contributed by atoms with van der Waals surface area (Å²) in [6.45, 7) is 5.82. The van der Waals surface area contributed by atoms with Crippen LogP contribution in [0.25, 0.3) is 0 Å². The molecule has 1 aromatic carbocycles. The molecule has 0 heterocycles. The maximum atomic E-state index is 11.3. The minimum absolute atomic E-state index is 0.0214. The molecule has 0 bridgehead atoms. The second-order valence-corrected chi connectivity index (χ2v) is 7.61. The van der Waals surface area contributed by atoms with Crippen molar-refractivity contribution in [1.82, 2.24) is 4.90 Å². The number of anilines is 2. The number of nitrogens with zero attached hydrogens (tertiary/aromatic N) is 1. The molecule has 0 aliphatic carbocycles. The van der Waals surface area contributed by atoms with E-state index in [4.69, 9.17) is 10.9 Å². The Labute approximate surface area is 121 Å². The lowest BCUT2D eigenvalue weighted by molar-refractivity contribution is 0.254. The van der Waals surface area contributed by atoms with Crippen LogP contribution in [0.3, 0.4) is 0 Å². The van der Waals surface area contributed by atoms with Gasteiger partial charge in [0.2, 0.25) is 10.0 Å².